The molecule has 0 saturated carbocycles. The maximum atomic E-state index is 13.4. The molecule has 0 aliphatic carbocycles. The van der Waals surface area contributed by atoms with Crippen molar-refractivity contribution in [2.75, 3.05) is 18.5 Å². The number of amides is 2. The molecule has 0 unspecified atom stereocenters. The molecule has 9 heteroatoms. The van der Waals surface area contributed by atoms with Gasteiger partial charge in [-0.15, -0.1) is 0 Å². The van der Waals surface area contributed by atoms with Crippen molar-refractivity contribution in [3.8, 4) is 11.3 Å². The molecule has 38 heavy (non-hydrogen) atoms. The Morgan fingerprint density at radius 1 is 1.16 bits per heavy atom. The standard InChI is InChI=1S/C29H32ClN5O3/c1-17-5-4-6-20(13-17)18(2)32-27(36)19(3)35-16-22-8-7-21(14-24(22)28(35)37)26-25(30)15-31-29(34-26)33-23-9-11-38-12-10-23/h4-8,13-15,18-19,23H,9-12,16H2,1-3H3,(H,32,36)(H,31,33,34)/t18-,19-/m1/s1. The molecule has 8 nitrogen and oxygen atoms in total. The van der Waals surface area contributed by atoms with E-state index in [1.165, 1.54) is 0 Å². The topological polar surface area (TPSA) is 96.5 Å². The molecule has 2 aliphatic rings. The molecule has 0 spiro atoms. The summed E-state index contributed by atoms with van der Waals surface area (Å²) < 4.78 is 5.42. The minimum Gasteiger partial charge on any atom is -0.381 e. The Bertz CT molecular complexity index is 1360. The number of rotatable bonds is 7. The summed E-state index contributed by atoms with van der Waals surface area (Å²) in [5.74, 6) is 0.124. The molecule has 1 fully saturated rings. The Morgan fingerprint density at radius 2 is 1.95 bits per heavy atom. The number of hydrogen-bond acceptors (Lipinski definition) is 6. The zero-order valence-electron chi connectivity index (χ0n) is 21.8. The first-order valence-corrected chi connectivity index (χ1v) is 13.4. The Morgan fingerprint density at radius 3 is 2.71 bits per heavy atom. The first-order valence-electron chi connectivity index (χ1n) is 13.0. The highest BCUT2D eigenvalue weighted by atomic mass is 35.5. The number of aryl methyl sites for hydroxylation is 1. The second kappa shape index (κ2) is 11.1. The van der Waals surface area contributed by atoms with Crippen LogP contribution < -0.4 is 10.6 Å². The lowest BCUT2D eigenvalue weighted by atomic mass is 10.0. The average molecular weight is 534 g/mol. The third-order valence-corrected chi connectivity index (χ3v) is 7.54. The smallest absolute Gasteiger partial charge is 0.255 e. The molecule has 0 radical (unpaired) electrons. The largest absolute Gasteiger partial charge is 0.381 e. The summed E-state index contributed by atoms with van der Waals surface area (Å²) >= 11 is 6.47. The summed E-state index contributed by atoms with van der Waals surface area (Å²) in [6.07, 6.45) is 3.36. The van der Waals surface area contributed by atoms with Crippen LogP contribution in [0.5, 0.6) is 0 Å². The number of halogens is 1. The Balaban J connectivity index is 1.30. The first kappa shape index (κ1) is 26.1. The van der Waals surface area contributed by atoms with Crippen LogP contribution in [0.4, 0.5) is 5.95 Å². The van der Waals surface area contributed by atoms with Crippen LogP contribution in [0, 0.1) is 6.92 Å². The van der Waals surface area contributed by atoms with E-state index in [9.17, 15) is 9.59 Å². The number of anilines is 1. The zero-order chi connectivity index (χ0) is 26.8. The molecular formula is C29H32ClN5O3. The number of carbonyl (C=O) groups excluding carboxylic acids is 2. The maximum absolute atomic E-state index is 13.4. The van der Waals surface area contributed by atoms with Gasteiger partial charge in [-0.3, -0.25) is 9.59 Å². The van der Waals surface area contributed by atoms with E-state index in [-0.39, 0.29) is 23.9 Å². The number of benzene rings is 2. The van der Waals surface area contributed by atoms with Crippen LogP contribution in [0.2, 0.25) is 5.02 Å². The minimum absolute atomic E-state index is 0.166. The van der Waals surface area contributed by atoms with Crippen LogP contribution in [-0.4, -0.2) is 52.0 Å². The molecular weight excluding hydrogens is 502 g/mol. The van der Waals surface area contributed by atoms with Gasteiger partial charge in [0.25, 0.3) is 5.91 Å². The lowest BCUT2D eigenvalue weighted by molar-refractivity contribution is -0.125. The van der Waals surface area contributed by atoms with E-state index in [0.29, 0.717) is 42.0 Å². The Labute approximate surface area is 227 Å². The SMILES string of the molecule is Cc1cccc([C@@H](C)NC(=O)[C@@H](C)N2Cc3ccc(-c4nc(NC5CCOCC5)ncc4Cl)cc3C2=O)c1. The predicted octanol–water partition coefficient (Wildman–Crippen LogP) is 4.92. The summed E-state index contributed by atoms with van der Waals surface area (Å²) in [4.78, 5) is 37.1. The molecule has 1 saturated heterocycles. The number of fused-ring (bicyclic) bond motifs is 1. The van der Waals surface area contributed by atoms with E-state index in [0.717, 1.165) is 35.1 Å². The summed E-state index contributed by atoms with van der Waals surface area (Å²) in [6.45, 7) is 7.52. The quantitative estimate of drug-likeness (QED) is 0.447. The number of nitrogens with one attached hydrogen (secondary N) is 2. The second-order valence-electron chi connectivity index (χ2n) is 10.0. The zero-order valence-corrected chi connectivity index (χ0v) is 22.6. The number of nitrogens with zero attached hydrogens (tertiary/aromatic N) is 3. The molecule has 2 aromatic carbocycles. The monoisotopic (exact) mass is 533 g/mol. The lowest BCUT2D eigenvalue weighted by Gasteiger charge is -2.25. The van der Waals surface area contributed by atoms with Gasteiger partial charge < -0.3 is 20.3 Å². The highest BCUT2D eigenvalue weighted by molar-refractivity contribution is 6.33. The number of hydrogen-bond donors (Lipinski definition) is 2. The van der Waals surface area contributed by atoms with Crippen molar-refractivity contribution < 1.29 is 14.3 Å². The van der Waals surface area contributed by atoms with Gasteiger partial charge in [-0.05, 0) is 50.8 Å². The van der Waals surface area contributed by atoms with E-state index in [1.54, 1.807) is 18.0 Å². The molecule has 1 aromatic heterocycles. The van der Waals surface area contributed by atoms with Crippen molar-refractivity contribution in [3.05, 3.63) is 75.9 Å². The Hall–Kier alpha value is -3.49. The van der Waals surface area contributed by atoms with Crippen molar-refractivity contribution >= 4 is 29.4 Å². The van der Waals surface area contributed by atoms with Crippen molar-refractivity contribution in [3.63, 3.8) is 0 Å². The first-order chi connectivity index (χ1) is 18.3. The van der Waals surface area contributed by atoms with Crippen LogP contribution in [-0.2, 0) is 16.1 Å². The van der Waals surface area contributed by atoms with E-state index in [2.05, 4.69) is 26.7 Å². The normalized spacial score (nSPS) is 17.2. The number of ether oxygens (including phenoxy) is 1. The maximum Gasteiger partial charge on any atom is 0.255 e. The fraction of sp³-hybridized carbons (Fsp3) is 0.379. The molecule has 0 bridgehead atoms. The van der Waals surface area contributed by atoms with Gasteiger partial charge in [-0.25, -0.2) is 9.97 Å². The molecule has 5 rings (SSSR count). The molecule has 2 N–H and O–H groups in total. The highest BCUT2D eigenvalue weighted by Gasteiger charge is 2.34. The van der Waals surface area contributed by atoms with Gasteiger partial charge in [-0.1, -0.05) is 53.6 Å². The van der Waals surface area contributed by atoms with Crippen molar-refractivity contribution in [2.24, 2.45) is 0 Å². The van der Waals surface area contributed by atoms with Gasteiger partial charge in [0.2, 0.25) is 11.9 Å². The van der Waals surface area contributed by atoms with E-state index in [4.69, 9.17) is 16.3 Å². The molecule has 2 atom stereocenters. The van der Waals surface area contributed by atoms with Gasteiger partial charge in [0.05, 0.1) is 23.0 Å². The minimum atomic E-state index is -0.622. The van der Waals surface area contributed by atoms with Crippen molar-refractivity contribution in [1.82, 2.24) is 20.2 Å². The summed E-state index contributed by atoms with van der Waals surface area (Å²) in [7, 11) is 0. The van der Waals surface area contributed by atoms with Crippen LogP contribution in [0.15, 0.2) is 48.7 Å². The third-order valence-electron chi connectivity index (χ3n) is 7.26. The predicted molar refractivity (Wildman–Crippen MR) is 147 cm³/mol. The molecule has 3 heterocycles. The van der Waals surface area contributed by atoms with Crippen LogP contribution >= 0.6 is 11.6 Å². The number of carbonyl (C=O) groups is 2. The molecule has 198 valence electrons. The van der Waals surface area contributed by atoms with Gasteiger partial charge in [-0.2, -0.15) is 0 Å². The Kier molecular flexibility index (Phi) is 7.63. The van der Waals surface area contributed by atoms with Crippen LogP contribution in [0.25, 0.3) is 11.3 Å². The van der Waals surface area contributed by atoms with Gasteiger partial charge in [0.1, 0.15) is 6.04 Å². The van der Waals surface area contributed by atoms with Crippen molar-refractivity contribution in [2.45, 2.75) is 58.3 Å². The summed E-state index contributed by atoms with van der Waals surface area (Å²) in [6, 6.07) is 13.1. The van der Waals surface area contributed by atoms with E-state index < -0.39 is 6.04 Å². The van der Waals surface area contributed by atoms with Crippen LogP contribution in [0.1, 0.15) is 59.8 Å². The third kappa shape index (κ3) is 5.51. The number of aromatic nitrogens is 2. The molecule has 2 amide bonds. The highest BCUT2D eigenvalue weighted by Crippen LogP contribution is 2.32. The molecule has 3 aromatic rings. The van der Waals surface area contributed by atoms with E-state index >= 15 is 0 Å². The fourth-order valence-corrected chi connectivity index (χ4v) is 5.15. The fourth-order valence-electron chi connectivity index (χ4n) is 4.95. The lowest BCUT2D eigenvalue weighted by Crippen LogP contribution is -2.45. The average Bonchev–Trinajstić information content (AvgIpc) is 3.25. The molecule has 2 aliphatic heterocycles. The van der Waals surface area contributed by atoms with Crippen LogP contribution in [0.3, 0.4) is 0 Å². The second-order valence-corrected chi connectivity index (χ2v) is 10.5. The van der Waals surface area contributed by atoms with Gasteiger partial charge in [0, 0.05) is 36.9 Å². The van der Waals surface area contributed by atoms with E-state index in [1.807, 2.05) is 50.2 Å². The van der Waals surface area contributed by atoms with Gasteiger partial charge in [0.15, 0.2) is 0 Å². The van der Waals surface area contributed by atoms with Crippen molar-refractivity contribution in [1.29, 1.82) is 0 Å². The van der Waals surface area contributed by atoms with Gasteiger partial charge >= 0.3 is 0 Å². The summed E-state index contributed by atoms with van der Waals surface area (Å²) in [5, 5.41) is 6.82. The summed E-state index contributed by atoms with van der Waals surface area (Å²) in [5.41, 5.74) is 4.87.